The molecule has 1 aromatic carbocycles. The molecule has 7 nitrogen and oxygen atoms in total. The smallest absolute Gasteiger partial charge is 0.374 e. The molecule has 1 heterocycles. The van der Waals surface area contributed by atoms with E-state index < -0.39 is 18.0 Å². The Bertz CT molecular complexity index is 648. The van der Waals surface area contributed by atoms with Gasteiger partial charge in [0.2, 0.25) is 5.76 Å². The van der Waals surface area contributed by atoms with E-state index in [1.807, 2.05) is 0 Å². The van der Waals surface area contributed by atoms with Crippen LogP contribution in [-0.4, -0.2) is 37.4 Å². The molecule has 7 heteroatoms. The summed E-state index contributed by atoms with van der Waals surface area (Å²) < 4.78 is 20.4. The zero-order valence-corrected chi connectivity index (χ0v) is 13.1. The number of rotatable bonds is 5. The maximum absolute atomic E-state index is 12.1. The summed E-state index contributed by atoms with van der Waals surface area (Å²) in [6.45, 7) is 3.44. The number of hydrogen-bond acceptors (Lipinski definition) is 7. The number of carbonyl (C=O) groups excluding carboxylic acids is 2. The third kappa shape index (κ3) is 3.29. The van der Waals surface area contributed by atoms with Gasteiger partial charge >= 0.3 is 11.9 Å². The topological polar surface area (TPSA) is 91.3 Å². The molecule has 1 atom stereocenters. The average molecular weight is 322 g/mol. The van der Waals surface area contributed by atoms with Crippen LogP contribution in [0.3, 0.4) is 0 Å². The number of aliphatic hydroxyl groups excluding tert-OH is 1. The highest BCUT2D eigenvalue weighted by molar-refractivity contribution is 6.01. The second-order valence-corrected chi connectivity index (χ2v) is 4.59. The molecule has 2 rings (SSSR count). The van der Waals surface area contributed by atoms with Crippen LogP contribution in [0.4, 0.5) is 0 Å². The van der Waals surface area contributed by atoms with Crippen LogP contribution in [0.15, 0.2) is 29.5 Å². The monoisotopic (exact) mass is 322 g/mol. The molecule has 1 unspecified atom stereocenters. The molecule has 0 saturated heterocycles. The van der Waals surface area contributed by atoms with Gasteiger partial charge in [0.1, 0.15) is 23.2 Å². The van der Waals surface area contributed by atoms with Gasteiger partial charge in [0.15, 0.2) is 0 Å². The van der Waals surface area contributed by atoms with E-state index >= 15 is 0 Å². The third-order valence-electron chi connectivity index (χ3n) is 3.20. The lowest BCUT2D eigenvalue weighted by atomic mass is 9.96. The Morgan fingerprint density at radius 1 is 1.17 bits per heavy atom. The van der Waals surface area contributed by atoms with Gasteiger partial charge in [-0.2, -0.15) is 0 Å². The van der Waals surface area contributed by atoms with Crippen LogP contribution in [0.2, 0.25) is 0 Å². The first-order valence-corrected chi connectivity index (χ1v) is 7.15. The van der Waals surface area contributed by atoms with E-state index in [2.05, 4.69) is 0 Å². The van der Waals surface area contributed by atoms with Crippen molar-refractivity contribution in [3.8, 4) is 11.5 Å². The summed E-state index contributed by atoms with van der Waals surface area (Å²) in [6, 6.07) is 4.68. The fourth-order valence-corrected chi connectivity index (χ4v) is 2.17. The van der Waals surface area contributed by atoms with Crippen molar-refractivity contribution in [1.82, 2.24) is 0 Å². The van der Waals surface area contributed by atoms with Gasteiger partial charge in [-0.1, -0.05) is 0 Å². The normalized spacial score (nSPS) is 16.3. The molecule has 124 valence electrons. The van der Waals surface area contributed by atoms with Gasteiger partial charge in [0.25, 0.3) is 0 Å². The Morgan fingerprint density at radius 3 is 2.43 bits per heavy atom. The third-order valence-corrected chi connectivity index (χ3v) is 3.20. The fourth-order valence-electron chi connectivity index (χ4n) is 2.17. The summed E-state index contributed by atoms with van der Waals surface area (Å²) in [4.78, 5) is 24.2. The molecule has 1 aromatic rings. The van der Waals surface area contributed by atoms with Gasteiger partial charge in [-0.25, -0.2) is 9.59 Å². The van der Waals surface area contributed by atoms with E-state index in [0.717, 1.165) is 0 Å². The standard InChI is InChI=1S/C16H18O7/c1-4-21-15(18)12-13(17)10-8-9(20-3)6-7-11(10)23-14(12)16(19)22-5-2/h6-8,13,17H,4-5H2,1-3H3. The van der Waals surface area contributed by atoms with Crippen LogP contribution in [-0.2, 0) is 19.1 Å². The Kier molecular flexibility index (Phi) is 5.23. The van der Waals surface area contributed by atoms with Crippen molar-refractivity contribution in [2.45, 2.75) is 20.0 Å². The molecule has 1 aliphatic heterocycles. The maximum Gasteiger partial charge on any atom is 0.374 e. The number of hydrogen-bond donors (Lipinski definition) is 1. The first-order valence-electron chi connectivity index (χ1n) is 7.15. The zero-order valence-electron chi connectivity index (χ0n) is 13.1. The maximum atomic E-state index is 12.1. The van der Waals surface area contributed by atoms with Crippen molar-refractivity contribution in [3.63, 3.8) is 0 Å². The molecular weight excluding hydrogens is 304 g/mol. The average Bonchev–Trinajstić information content (AvgIpc) is 2.54. The molecule has 1 aliphatic rings. The highest BCUT2D eigenvalue weighted by atomic mass is 16.6. The quantitative estimate of drug-likeness (QED) is 0.821. The van der Waals surface area contributed by atoms with Crippen LogP contribution in [0.25, 0.3) is 0 Å². The van der Waals surface area contributed by atoms with Gasteiger partial charge in [0, 0.05) is 5.56 Å². The minimum atomic E-state index is -1.38. The Labute approximate surface area is 133 Å². The Balaban J connectivity index is 2.51. The number of aliphatic hydroxyl groups is 1. The Morgan fingerprint density at radius 2 is 1.83 bits per heavy atom. The molecule has 0 radical (unpaired) electrons. The number of ether oxygens (including phenoxy) is 4. The van der Waals surface area contributed by atoms with Gasteiger partial charge < -0.3 is 24.1 Å². The number of fused-ring (bicyclic) bond motifs is 1. The lowest BCUT2D eigenvalue weighted by Gasteiger charge is -2.25. The number of carbonyl (C=O) groups is 2. The number of methoxy groups -OCH3 is 1. The minimum absolute atomic E-state index is 0.0934. The molecule has 0 saturated carbocycles. The summed E-state index contributed by atoms with van der Waals surface area (Å²) in [5, 5.41) is 10.5. The van der Waals surface area contributed by atoms with E-state index in [9.17, 15) is 14.7 Å². The summed E-state index contributed by atoms with van der Waals surface area (Å²) in [7, 11) is 1.48. The van der Waals surface area contributed by atoms with Crippen LogP contribution >= 0.6 is 0 Å². The van der Waals surface area contributed by atoms with Gasteiger partial charge in [-0.15, -0.1) is 0 Å². The molecule has 0 bridgehead atoms. The summed E-state index contributed by atoms with van der Waals surface area (Å²) in [6.07, 6.45) is -1.38. The largest absolute Gasteiger partial charge is 0.497 e. The molecule has 23 heavy (non-hydrogen) atoms. The van der Waals surface area contributed by atoms with Crippen LogP contribution in [0.1, 0.15) is 25.5 Å². The van der Waals surface area contributed by atoms with Gasteiger partial charge in [-0.05, 0) is 32.0 Å². The van der Waals surface area contributed by atoms with Crippen molar-refractivity contribution in [1.29, 1.82) is 0 Å². The second kappa shape index (κ2) is 7.15. The highest BCUT2D eigenvalue weighted by Crippen LogP contribution is 2.40. The van der Waals surface area contributed by atoms with Crippen molar-refractivity contribution in [2.75, 3.05) is 20.3 Å². The molecule has 0 fully saturated rings. The van der Waals surface area contributed by atoms with E-state index in [0.29, 0.717) is 11.3 Å². The number of benzene rings is 1. The zero-order chi connectivity index (χ0) is 17.0. The molecule has 0 aliphatic carbocycles. The predicted octanol–water partition coefficient (Wildman–Crippen LogP) is 1.50. The highest BCUT2D eigenvalue weighted by Gasteiger charge is 2.37. The molecular formula is C16H18O7. The van der Waals surface area contributed by atoms with Crippen molar-refractivity contribution >= 4 is 11.9 Å². The van der Waals surface area contributed by atoms with Gasteiger partial charge in [-0.3, -0.25) is 0 Å². The van der Waals surface area contributed by atoms with Crippen LogP contribution in [0.5, 0.6) is 11.5 Å². The van der Waals surface area contributed by atoms with Crippen molar-refractivity contribution < 1.29 is 33.6 Å². The van der Waals surface area contributed by atoms with Gasteiger partial charge in [0.05, 0.1) is 20.3 Å². The molecule has 0 aromatic heterocycles. The van der Waals surface area contributed by atoms with E-state index in [4.69, 9.17) is 18.9 Å². The van der Waals surface area contributed by atoms with Crippen LogP contribution < -0.4 is 9.47 Å². The SMILES string of the molecule is CCOC(=O)C1=C(C(=O)OCC)C(O)c2cc(OC)ccc2O1. The molecule has 1 N–H and O–H groups in total. The molecule has 0 spiro atoms. The Hall–Kier alpha value is -2.54. The molecule has 0 amide bonds. The predicted molar refractivity (Wildman–Crippen MR) is 78.9 cm³/mol. The van der Waals surface area contributed by atoms with E-state index in [-0.39, 0.29) is 30.3 Å². The van der Waals surface area contributed by atoms with E-state index in [1.54, 1.807) is 26.0 Å². The minimum Gasteiger partial charge on any atom is -0.497 e. The lowest BCUT2D eigenvalue weighted by Crippen LogP contribution is -2.27. The fraction of sp³-hybridized carbons (Fsp3) is 0.375. The van der Waals surface area contributed by atoms with Crippen molar-refractivity contribution in [3.05, 3.63) is 35.1 Å². The summed E-state index contributed by atoms with van der Waals surface area (Å²) in [5.74, 6) is -1.31. The lowest BCUT2D eigenvalue weighted by molar-refractivity contribution is -0.145. The first-order chi connectivity index (χ1) is 11.0. The van der Waals surface area contributed by atoms with Crippen molar-refractivity contribution in [2.24, 2.45) is 0 Å². The van der Waals surface area contributed by atoms with E-state index in [1.165, 1.54) is 13.2 Å². The summed E-state index contributed by atoms with van der Waals surface area (Å²) in [5.41, 5.74) is 0.0199. The second-order valence-electron chi connectivity index (χ2n) is 4.59. The van der Waals surface area contributed by atoms with Crippen LogP contribution in [0, 0.1) is 0 Å². The summed E-state index contributed by atoms with van der Waals surface area (Å²) >= 11 is 0. The first kappa shape index (κ1) is 16.8. The number of esters is 2.